The molecule has 3 aromatic rings. The van der Waals surface area contributed by atoms with Crippen molar-refractivity contribution in [3.63, 3.8) is 0 Å². The van der Waals surface area contributed by atoms with Gasteiger partial charge in [0.1, 0.15) is 11.2 Å². The first-order valence-corrected chi connectivity index (χ1v) is 13.1. The molecule has 3 N–H and O–H groups in total. The maximum atomic E-state index is 13.5. The van der Waals surface area contributed by atoms with Crippen LogP contribution in [0.2, 0.25) is 0 Å². The zero-order chi connectivity index (χ0) is 24.8. The Morgan fingerprint density at radius 3 is 2.58 bits per heavy atom. The van der Waals surface area contributed by atoms with Crippen LogP contribution in [0, 0.1) is 11.8 Å². The number of pyridine rings is 1. The van der Waals surface area contributed by atoms with Crippen molar-refractivity contribution in [1.29, 1.82) is 0 Å². The molecule has 7 rings (SSSR count). The van der Waals surface area contributed by atoms with Gasteiger partial charge in [0, 0.05) is 50.0 Å². The Morgan fingerprint density at radius 1 is 1.19 bits per heavy atom. The van der Waals surface area contributed by atoms with E-state index < -0.39 is 5.92 Å². The number of hydrogen-bond acceptors (Lipinski definition) is 6. The van der Waals surface area contributed by atoms with Crippen LogP contribution in [0.1, 0.15) is 44.6 Å². The summed E-state index contributed by atoms with van der Waals surface area (Å²) in [4.78, 5) is 17.7. The Hall–Kier alpha value is -2.95. The predicted molar refractivity (Wildman–Crippen MR) is 133 cm³/mol. The number of H-pyrrole nitrogens is 1. The third-order valence-corrected chi connectivity index (χ3v) is 8.49. The van der Waals surface area contributed by atoms with Crippen molar-refractivity contribution in [3.05, 3.63) is 22.6 Å². The molecule has 0 amide bonds. The van der Waals surface area contributed by atoms with E-state index in [0.29, 0.717) is 29.3 Å². The summed E-state index contributed by atoms with van der Waals surface area (Å²) in [6, 6.07) is 2.43. The van der Waals surface area contributed by atoms with E-state index in [4.69, 9.17) is 10.8 Å². The molecule has 2 saturated carbocycles. The standard InChI is InChI=1S/C25H32F2N8O/c1-32-19(34-8-2-3-16(34)10-33-12-25(26,27)13-33)9-18(31-32)17-11-35(22(14-4-5-14)15-6-7-15)24(36)20-21(17)29-30-23(20)28/h9,11,14-16,22H,2-8,10,12-13H2,1H3,(H3,28,29,30)/t16-/m1/s1. The first-order valence-electron chi connectivity index (χ1n) is 13.1. The molecule has 2 aliphatic heterocycles. The van der Waals surface area contributed by atoms with Crippen LogP contribution >= 0.6 is 0 Å². The third kappa shape index (κ3) is 3.62. The third-order valence-electron chi connectivity index (χ3n) is 8.49. The second-order valence-electron chi connectivity index (χ2n) is 11.3. The number of halogens is 2. The lowest BCUT2D eigenvalue weighted by molar-refractivity contribution is -0.131. The largest absolute Gasteiger partial charge is 0.382 e. The molecule has 0 bridgehead atoms. The average Bonchev–Trinajstić information content (AvgIpc) is 3.71. The number of aromatic nitrogens is 5. The van der Waals surface area contributed by atoms with E-state index in [-0.39, 0.29) is 36.6 Å². The number of nitrogen functional groups attached to an aromatic ring is 1. The van der Waals surface area contributed by atoms with Gasteiger partial charge in [0.15, 0.2) is 5.82 Å². The highest BCUT2D eigenvalue weighted by molar-refractivity contribution is 5.97. The molecule has 192 valence electrons. The quantitative estimate of drug-likeness (QED) is 0.520. The first-order chi connectivity index (χ1) is 17.3. The Balaban J connectivity index is 1.26. The number of nitrogens with zero attached hydrogens (tertiary/aromatic N) is 6. The van der Waals surface area contributed by atoms with Gasteiger partial charge in [-0.1, -0.05) is 0 Å². The molecule has 36 heavy (non-hydrogen) atoms. The molecule has 0 spiro atoms. The zero-order valence-corrected chi connectivity index (χ0v) is 20.5. The minimum atomic E-state index is -2.55. The molecule has 4 aliphatic rings. The highest BCUT2D eigenvalue weighted by atomic mass is 19.3. The monoisotopic (exact) mass is 498 g/mol. The molecule has 9 nitrogen and oxygen atoms in total. The highest BCUT2D eigenvalue weighted by Crippen LogP contribution is 2.52. The molecular weight excluding hydrogens is 466 g/mol. The maximum absolute atomic E-state index is 13.5. The van der Waals surface area contributed by atoms with Crippen molar-refractivity contribution >= 4 is 22.5 Å². The molecular formula is C25H32F2N8O. The van der Waals surface area contributed by atoms with E-state index in [1.165, 1.54) is 0 Å². The summed E-state index contributed by atoms with van der Waals surface area (Å²) < 4.78 is 30.5. The number of fused-ring (bicyclic) bond motifs is 1. The van der Waals surface area contributed by atoms with Gasteiger partial charge >= 0.3 is 0 Å². The number of likely N-dealkylation sites (tertiary alicyclic amines) is 1. The lowest BCUT2D eigenvalue weighted by Gasteiger charge is -2.41. The second kappa shape index (κ2) is 7.77. The smallest absolute Gasteiger partial charge is 0.272 e. The predicted octanol–water partition coefficient (Wildman–Crippen LogP) is 2.99. The normalized spacial score (nSPS) is 24.2. The number of nitrogens with one attached hydrogen (secondary N) is 1. The molecule has 5 heterocycles. The van der Waals surface area contributed by atoms with E-state index in [0.717, 1.165) is 62.1 Å². The van der Waals surface area contributed by atoms with Crippen LogP contribution in [0.25, 0.3) is 22.2 Å². The van der Waals surface area contributed by atoms with Gasteiger partial charge in [0.25, 0.3) is 11.5 Å². The number of aromatic amines is 1. The van der Waals surface area contributed by atoms with E-state index in [2.05, 4.69) is 15.1 Å². The van der Waals surface area contributed by atoms with Crippen molar-refractivity contribution < 1.29 is 8.78 Å². The molecule has 0 radical (unpaired) electrons. The van der Waals surface area contributed by atoms with Gasteiger partial charge in [-0.25, -0.2) is 8.78 Å². The summed E-state index contributed by atoms with van der Waals surface area (Å²) in [6.45, 7) is 1.19. The zero-order valence-electron chi connectivity index (χ0n) is 20.5. The Labute approximate surface area is 207 Å². The molecule has 0 aromatic carbocycles. The molecule has 0 unspecified atom stereocenters. The fraction of sp³-hybridized carbons (Fsp3) is 0.640. The summed E-state index contributed by atoms with van der Waals surface area (Å²) in [6.07, 6.45) is 8.60. The van der Waals surface area contributed by atoms with Crippen LogP contribution in [0.4, 0.5) is 20.4 Å². The van der Waals surface area contributed by atoms with Crippen molar-refractivity contribution in [2.45, 2.75) is 56.5 Å². The van der Waals surface area contributed by atoms with Gasteiger partial charge in [0.05, 0.1) is 24.3 Å². The van der Waals surface area contributed by atoms with Gasteiger partial charge < -0.3 is 15.2 Å². The van der Waals surface area contributed by atoms with Gasteiger partial charge in [-0.15, -0.1) is 0 Å². The molecule has 1 atom stereocenters. The average molecular weight is 499 g/mol. The Bertz CT molecular complexity index is 1360. The minimum Gasteiger partial charge on any atom is -0.382 e. The Kier molecular flexibility index (Phi) is 4.81. The molecule has 2 aliphatic carbocycles. The van der Waals surface area contributed by atoms with Crippen LogP contribution in [0.15, 0.2) is 17.1 Å². The van der Waals surface area contributed by atoms with E-state index >= 15 is 0 Å². The fourth-order valence-corrected chi connectivity index (χ4v) is 6.51. The van der Waals surface area contributed by atoms with Crippen molar-refractivity contribution in [3.8, 4) is 11.3 Å². The maximum Gasteiger partial charge on any atom is 0.272 e. The second-order valence-corrected chi connectivity index (χ2v) is 11.3. The van der Waals surface area contributed by atoms with Crippen molar-refractivity contribution in [1.82, 2.24) is 29.4 Å². The van der Waals surface area contributed by atoms with Crippen molar-refractivity contribution in [2.75, 3.05) is 36.8 Å². The minimum absolute atomic E-state index is 0.0779. The lowest BCUT2D eigenvalue weighted by Crippen LogP contribution is -2.59. The number of nitrogens with two attached hydrogens (primary N) is 1. The van der Waals surface area contributed by atoms with Crippen molar-refractivity contribution in [2.24, 2.45) is 18.9 Å². The molecule has 2 saturated heterocycles. The van der Waals surface area contributed by atoms with E-state index in [1.807, 2.05) is 33.5 Å². The van der Waals surface area contributed by atoms with Gasteiger partial charge in [0.2, 0.25) is 0 Å². The fourth-order valence-electron chi connectivity index (χ4n) is 6.51. The SMILES string of the molecule is Cn1nc(-c2cn(C(C3CC3)C3CC3)c(=O)c3c(N)n[nH]c23)cc1N1CCC[C@@H]1CN1CC(F)(F)C1. The van der Waals surface area contributed by atoms with Gasteiger partial charge in [-0.05, 0) is 50.4 Å². The summed E-state index contributed by atoms with van der Waals surface area (Å²) in [5.74, 6) is -0.279. The topological polar surface area (TPSA) is 101 Å². The van der Waals surface area contributed by atoms with Gasteiger partial charge in [-0.3, -0.25) is 19.5 Å². The molecule has 3 aromatic heterocycles. The number of aryl methyl sites for hydroxylation is 1. The number of anilines is 2. The lowest BCUT2D eigenvalue weighted by atomic mass is 10.0. The summed E-state index contributed by atoms with van der Waals surface area (Å²) in [7, 11) is 1.91. The van der Waals surface area contributed by atoms with Crippen LogP contribution in [0.5, 0.6) is 0 Å². The number of rotatable bonds is 7. The number of hydrogen-bond donors (Lipinski definition) is 2. The summed E-state index contributed by atoms with van der Waals surface area (Å²) >= 11 is 0. The van der Waals surface area contributed by atoms with E-state index in [9.17, 15) is 13.6 Å². The summed E-state index contributed by atoms with van der Waals surface area (Å²) in [5.41, 5.74) is 8.27. The molecule has 11 heteroatoms. The van der Waals surface area contributed by atoms with Crippen LogP contribution in [-0.4, -0.2) is 67.6 Å². The van der Waals surface area contributed by atoms with Crippen LogP contribution in [-0.2, 0) is 7.05 Å². The van der Waals surface area contributed by atoms with Crippen LogP contribution < -0.4 is 16.2 Å². The highest BCUT2D eigenvalue weighted by Gasteiger charge is 2.45. The Morgan fingerprint density at radius 2 is 1.92 bits per heavy atom. The van der Waals surface area contributed by atoms with E-state index in [1.54, 1.807) is 0 Å². The van der Waals surface area contributed by atoms with Crippen LogP contribution in [0.3, 0.4) is 0 Å². The van der Waals surface area contributed by atoms with Gasteiger partial charge in [-0.2, -0.15) is 10.2 Å². The summed E-state index contributed by atoms with van der Waals surface area (Å²) in [5, 5.41) is 12.4. The number of alkyl halides is 2. The first kappa shape index (κ1) is 22.3. The molecule has 4 fully saturated rings.